The highest BCUT2D eigenvalue weighted by Crippen LogP contribution is 2.12. The van der Waals surface area contributed by atoms with Gasteiger partial charge in [-0.3, -0.25) is 9.69 Å². The molecule has 0 N–H and O–H groups in total. The quantitative estimate of drug-likeness (QED) is 0.763. The van der Waals surface area contributed by atoms with E-state index in [4.69, 9.17) is 4.74 Å². The number of methoxy groups -OCH3 is 1. The Hall–Kier alpha value is -2.13. The number of carbonyl (C=O) groups excluding carboxylic acids is 1. The molecule has 2 aromatic carbocycles. The molecule has 3 nitrogen and oxygen atoms in total. The molecule has 0 aliphatic heterocycles. The molecule has 0 bridgehead atoms. The van der Waals surface area contributed by atoms with Gasteiger partial charge < -0.3 is 4.74 Å². The molecule has 3 heteroatoms. The number of nitrogens with zero attached hydrogens (tertiary/aromatic N) is 1. The van der Waals surface area contributed by atoms with E-state index in [2.05, 4.69) is 12.1 Å². The molecule has 21 heavy (non-hydrogen) atoms. The number of rotatable bonds is 6. The monoisotopic (exact) mass is 283 g/mol. The van der Waals surface area contributed by atoms with Crippen LogP contribution >= 0.6 is 0 Å². The fourth-order valence-electron chi connectivity index (χ4n) is 2.37. The van der Waals surface area contributed by atoms with Gasteiger partial charge in [0.05, 0.1) is 7.11 Å². The highest BCUT2D eigenvalue weighted by Gasteiger charge is 2.24. The van der Waals surface area contributed by atoms with Crippen molar-refractivity contribution in [1.29, 1.82) is 0 Å². The molecule has 0 saturated heterocycles. The second-order valence-corrected chi connectivity index (χ2v) is 5.13. The summed E-state index contributed by atoms with van der Waals surface area (Å²) in [5, 5.41) is 0. The van der Waals surface area contributed by atoms with Crippen LogP contribution in [0.1, 0.15) is 11.1 Å². The second-order valence-electron chi connectivity index (χ2n) is 5.13. The minimum absolute atomic E-state index is 0.197. The minimum atomic E-state index is -0.280. The maximum Gasteiger partial charge on any atom is 0.323 e. The lowest BCUT2D eigenvalue weighted by atomic mass is 10.0. The Balaban J connectivity index is 2.10. The van der Waals surface area contributed by atoms with E-state index in [1.807, 2.05) is 60.5 Å². The van der Waals surface area contributed by atoms with Crippen LogP contribution in [0.25, 0.3) is 0 Å². The Morgan fingerprint density at radius 3 is 2.05 bits per heavy atom. The summed E-state index contributed by atoms with van der Waals surface area (Å²) in [5.41, 5.74) is 2.31. The van der Waals surface area contributed by atoms with E-state index in [-0.39, 0.29) is 12.0 Å². The molecule has 0 saturated carbocycles. The first kappa shape index (κ1) is 15.3. The highest BCUT2D eigenvalue weighted by molar-refractivity contribution is 5.76. The average molecular weight is 283 g/mol. The molecule has 0 fully saturated rings. The van der Waals surface area contributed by atoms with Gasteiger partial charge in [-0.15, -0.1) is 0 Å². The van der Waals surface area contributed by atoms with Crippen LogP contribution in [0.15, 0.2) is 60.7 Å². The number of carbonyl (C=O) groups is 1. The number of likely N-dealkylation sites (N-methyl/N-ethyl adjacent to an activating group) is 1. The summed E-state index contributed by atoms with van der Waals surface area (Å²) in [7, 11) is 3.40. The summed E-state index contributed by atoms with van der Waals surface area (Å²) in [4.78, 5) is 14.1. The van der Waals surface area contributed by atoms with Crippen molar-refractivity contribution in [2.75, 3.05) is 14.2 Å². The van der Waals surface area contributed by atoms with Crippen molar-refractivity contribution in [3.63, 3.8) is 0 Å². The Kier molecular flexibility index (Phi) is 5.52. The summed E-state index contributed by atoms with van der Waals surface area (Å²) in [6, 6.07) is 19.9. The zero-order valence-corrected chi connectivity index (χ0v) is 12.5. The second kappa shape index (κ2) is 7.60. The van der Waals surface area contributed by atoms with Gasteiger partial charge in [-0.05, 0) is 24.6 Å². The van der Waals surface area contributed by atoms with Crippen LogP contribution < -0.4 is 0 Å². The first-order chi connectivity index (χ1) is 10.2. The molecule has 0 aliphatic carbocycles. The van der Waals surface area contributed by atoms with Gasteiger partial charge in [-0.1, -0.05) is 60.7 Å². The molecule has 2 rings (SSSR count). The van der Waals surface area contributed by atoms with Crippen LogP contribution in [0.5, 0.6) is 0 Å². The summed E-state index contributed by atoms with van der Waals surface area (Å²) in [6.07, 6.45) is 0.650. The van der Waals surface area contributed by atoms with E-state index in [0.717, 1.165) is 5.56 Å². The normalized spacial score (nSPS) is 12.1. The van der Waals surface area contributed by atoms with Crippen LogP contribution in [0.4, 0.5) is 0 Å². The number of hydrogen-bond donors (Lipinski definition) is 0. The number of benzene rings is 2. The minimum Gasteiger partial charge on any atom is -0.468 e. The van der Waals surface area contributed by atoms with Gasteiger partial charge in [0.1, 0.15) is 6.04 Å². The Morgan fingerprint density at radius 1 is 1.00 bits per heavy atom. The summed E-state index contributed by atoms with van der Waals surface area (Å²) in [6.45, 7) is 0.716. The van der Waals surface area contributed by atoms with E-state index < -0.39 is 0 Å². The fraction of sp³-hybridized carbons (Fsp3) is 0.278. The van der Waals surface area contributed by atoms with Crippen molar-refractivity contribution in [3.05, 3.63) is 71.8 Å². The molecule has 0 aliphatic rings. The number of hydrogen-bond acceptors (Lipinski definition) is 3. The van der Waals surface area contributed by atoms with Gasteiger partial charge in [0.15, 0.2) is 0 Å². The zero-order chi connectivity index (χ0) is 15.1. The van der Waals surface area contributed by atoms with E-state index in [9.17, 15) is 4.79 Å². The first-order valence-corrected chi connectivity index (χ1v) is 7.06. The molecule has 0 aromatic heterocycles. The van der Waals surface area contributed by atoms with Gasteiger partial charge in [0.25, 0.3) is 0 Å². The summed E-state index contributed by atoms with van der Waals surface area (Å²) in [5.74, 6) is -0.197. The summed E-state index contributed by atoms with van der Waals surface area (Å²) >= 11 is 0. The molecule has 0 amide bonds. The third-order valence-electron chi connectivity index (χ3n) is 3.55. The maximum absolute atomic E-state index is 12.1. The number of esters is 1. The predicted octanol–water partition coefficient (Wildman–Crippen LogP) is 2.90. The van der Waals surface area contributed by atoms with Crippen molar-refractivity contribution in [3.8, 4) is 0 Å². The van der Waals surface area contributed by atoms with E-state index in [1.54, 1.807) is 0 Å². The molecule has 0 unspecified atom stereocenters. The van der Waals surface area contributed by atoms with Crippen molar-refractivity contribution < 1.29 is 9.53 Å². The molecule has 0 heterocycles. The van der Waals surface area contributed by atoms with Gasteiger partial charge in [0.2, 0.25) is 0 Å². The van der Waals surface area contributed by atoms with Crippen LogP contribution in [-0.4, -0.2) is 31.1 Å². The zero-order valence-electron chi connectivity index (χ0n) is 12.5. The van der Waals surface area contributed by atoms with Crippen molar-refractivity contribution in [1.82, 2.24) is 4.90 Å². The van der Waals surface area contributed by atoms with Gasteiger partial charge in [-0.25, -0.2) is 0 Å². The van der Waals surface area contributed by atoms with Crippen molar-refractivity contribution >= 4 is 5.97 Å². The van der Waals surface area contributed by atoms with Crippen molar-refractivity contribution in [2.45, 2.75) is 19.0 Å². The largest absolute Gasteiger partial charge is 0.468 e. The Morgan fingerprint density at radius 2 is 1.52 bits per heavy atom. The predicted molar refractivity (Wildman–Crippen MR) is 83.9 cm³/mol. The molecular weight excluding hydrogens is 262 g/mol. The summed E-state index contributed by atoms with van der Waals surface area (Å²) < 4.78 is 4.96. The average Bonchev–Trinajstić information content (AvgIpc) is 2.53. The lowest BCUT2D eigenvalue weighted by molar-refractivity contribution is -0.146. The number of ether oxygens (including phenoxy) is 1. The van der Waals surface area contributed by atoms with Crippen LogP contribution in [0, 0.1) is 0 Å². The van der Waals surface area contributed by atoms with Gasteiger partial charge in [0, 0.05) is 6.54 Å². The topological polar surface area (TPSA) is 29.5 Å². The molecular formula is C18H21NO2. The highest BCUT2D eigenvalue weighted by atomic mass is 16.5. The Labute approximate surface area is 126 Å². The Bertz CT molecular complexity index is 554. The van der Waals surface area contributed by atoms with E-state index >= 15 is 0 Å². The lowest BCUT2D eigenvalue weighted by Crippen LogP contribution is -2.40. The van der Waals surface area contributed by atoms with E-state index in [1.165, 1.54) is 12.7 Å². The molecule has 110 valence electrons. The molecule has 2 aromatic rings. The van der Waals surface area contributed by atoms with Gasteiger partial charge >= 0.3 is 5.97 Å². The van der Waals surface area contributed by atoms with Gasteiger partial charge in [-0.2, -0.15) is 0 Å². The van der Waals surface area contributed by atoms with Crippen LogP contribution in [0.2, 0.25) is 0 Å². The molecule has 0 spiro atoms. The van der Waals surface area contributed by atoms with Crippen LogP contribution in [0.3, 0.4) is 0 Å². The smallest absolute Gasteiger partial charge is 0.323 e. The standard InChI is InChI=1S/C18H21NO2/c1-19(14-16-11-7-4-8-12-16)17(18(20)21-2)13-15-9-5-3-6-10-15/h3-12,17H,13-14H2,1-2H3/t17-/m0/s1. The fourth-order valence-corrected chi connectivity index (χ4v) is 2.37. The van der Waals surface area contributed by atoms with Crippen LogP contribution in [-0.2, 0) is 22.5 Å². The lowest BCUT2D eigenvalue weighted by Gasteiger charge is -2.26. The van der Waals surface area contributed by atoms with E-state index in [0.29, 0.717) is 13.0 Å². The first-order valence-electron chi connectivity index (χ1n) is 7.06. The third-order valence-corrected chi connectivity index (χ3v) is 3.55. The third kappa shape index (κ3) is 4.43. The van der Waals surface area contributed by atoms with Crippen molar-refractivity contribution in [2.24, 2.45) is 0 Å². The maximum atomic E-state index is 12.1. The SMILES string of the molecule is COC(=O)[C@H](Cc1ccccc1)N(C)Cc1ccccc1. The molecule has 0 radical (unpaired) electrons. The molecule has 1 atom stereocenters.